The fourth-order valence-corrected chi connectivity index (χ4v) is 14.1. The Morgan fingerprint density at radius 2 is 1.35 bits per heavy atom. The Morgan fingerprint density at radius 3 is 2.06 bits per heavy atom. The van der Waals surface area contributed by atoms with E-state index in [0.717, 1.165) is 34.0 Å². The minimum atomic E-state index is -1.36. The molecule has 2 aliphatic rings. The first-order chi connectivity index (χ1) is 38.3. The summed E-state index contributed by atoms with van der Waals surface area (Å²) in [7, 11) is 1.46. The Balaban J connectivity index is 1.07. The lowest BCUT2D eigenvalue weighted by Crippen LogP contribution is -2.54. The third-order valence-electron chi connectivity index (χ3n) is 12.9. The van der Waals surface area contributed by atoms with Gasteiger partial charge in [-0.2, -0.15) is 0 Å². The maximum Gasteiger partial charge on any atom is 0.271 e. The van der Waals surface area contributed by atoms with Crippen LogP contribution in [0.15, 0.2) is 39.0 Å². The van der Waals surface area contributed by atoms with Crippen LogP contribution < -0.4 is 37.6 Å². The van der Waals surface area contributed by atoms with Crippen molar-refractivity contribution in [3.05, 3.63) is 81.7 Å². The van der Waals surface area contributed by atoms with Gasteiger partial charge < -0.3 is 47.6 Å². The van der Waals surface area contributed by atoms with Crippen LogP contribution in [0.4, 0.5) is 0 Å². The Morgan fingerprint density at radius 1 is 0.713 bits per heavy atom. The van der Waals surface area contributed by atoms with Gasteiger partial charge in [0.1, 0.15) is 82.0 Å². The molecule has 7 aromatic heterocycles. The maximum absolute atomic E-state index is 14.2. The average Bonchev–Trinajstić information content (AvgIpc) is 4.31. The highest BCUT2D eigenvalue weighted by Gasteiger charge is 2.37. The number of rotatable bonds is 10. The van der Waals surface area contributed by atoms with E-state index in [1.807, 2.05) is 33.1 Å². The number of amides is 8. The van der Waals surface area contributed by atoms with Gasteiger partial charge >= 0.3 is 0 Å². The van der Waals surface area contributed by atoms with E-state index in [4.69, 9.17) is 25.7 Å². The van der Waals surface area contributed by atoms with Gasteiger partial charge in [0.15, 0.2) is 0 Å². The summed E-state index contributed by atoms with van der Waals surface area (Å²) in [5.41, 5.74) is 7.67. The molecule has 0 radical (unpaired) electrons. The lowest BCUT2D eigenvalue weighted by Gasteiger charge is -2.26. The van der Waals surface area contributed by atoms with Gasteiger partial charge in [0.2, 0.25) is 23.6 Å². The molecule has 1 saturated heterocycles. The molecule has 0 aliphatic carbocycles. The second-order valence-corrected chi connectivity index (χ2v) is 24.8. The molecule has 0 spiro atoms. The van der Waals surface area contributed by atoms with E-state index < -0.39 is 84.1 Å². The Bertz CT molecular complexity index is 3530. The van der Waals surface area contributed by atoms with Crippen LogP contribution in [0.5, 0.6) is 0 Å². The largest absolute Gasteiger partial charge is 0.394 e. The van der Waals surface area contributed by atoms with Crippen LogP contribution in [-0.2, 0) is 19.2 Å². The minimum Gasteiger partial charge on any atom is -0.394 e. The Kier molecular flexibility index (Phi) is 17.6. The van der Waals surface area contributed by atoms with Crippen molar-refractivity contribution >= 4 is 115 Å². The summed E-state index contributed by atoms with van der Waals surface area (Å²) in [5.74, 6) is -4.97. The first-order valence-corrected chi connectivity index (χ1v) is 30.2. The Labute approximate surface area is 480 Å². The highest BCUT2D eigenvalue weighted by molar-refractivity contribution is 7.15. The zero-order valence-corrected chi connectivity index (χ0v) is 48.5. The van der Waals surface area contributed by atoms with E-state index in [1.165, 1.54) is 51.3 Å². The predicted octanol–water partition coefficient (Wildman–Crippen LogP) is 4.66. The number of carbonyl (C=O) groups excluding carboxylic acids is 8. The number of pyridine rings is 1. The summed E-state index contributed by atoms with van der Waals surface area (Å²) in [6, 6.07) is -0.959. The number of nitrogens with two attached hydrogens (primary N) is 1. The third kappa shape index (κ3) is 12.5. The number of nitrogens with zero attached hydrogens (tertiary/aromatic N) is 8. The van der Waals surface area contributed by atoms with E-state index >= 15 is 0 Å². The number of likely N-dealkylation sites (tertiary alicyclic amines) is 1. The molecule has 80 heavy (non-hydrogen) atoms. The van der Waals surface area contributed by atoms with Gasteiger partial charge in [-0.3, -0.25) is 38.4 Å². The molecule has 5 atom stereocenters. The lowest BCUT2D eigenvalue weighted by molar-refractivity contribution is -0.139. The second-order valence-electron chi connectivity index (χ2n) is 19.2. The van der Waals surface area contributed by atoms with Crippen molar-refractivity contribution in [3.63, 3.8) is 0 Å². The SMILES string of the molecule is CNC(=O)C[C@@H]1NC(=O)c2csc(n2)-c2ccc(-c3nc(C(=O)N[C@@H](CO)C(=O)N4CCC[C@H]4C(N)=O)cs3)nc2-c2csc(n2)-c2csc(n2)[C@@H](C(C)C)NC(=O)CNC(=O)c2csc(n2)[C@@H](C(C)C)NC(=O)c2nc1sc2C. The number of aliphatic hydroxyl groups is 1. The monoisotopic (exact) mass is 1200 g/mol. The molecule has 0 unspecified atom stereocenters. The van der Waals surface area contributed by atoms with Gasteiger partial charge in [-0.15, -0.1) is 68.0 Å². The molecule has 8 amide bonds. The molecule has 9 rings (SSSR count). The first kappa shape index (κ1) is 57.3. The number of fused-ring (bicyclic) bond motifs is 14. The van der Waals surface area contributed by atoms with Crippen LogP contribution in [0.25, 0.3) is 43.4 Å². The average molecular weight is 1200 g/mol. The topological polar surface area (TPSA) is 348 Å². The van der Waals surface area contributed by atoms with Gasteiger partial charge in [-0.1, -0.05) is 27.7 Å². The lowest BCUT2D eigenvalue weighted by atomic mass is 10.0. The zero-order chi connectivity index (χ0) is 57.1. The molecule has 2 aliphatic heterocycles. The molecule has 7 aromatic rings. The number of aliphatic hydroxyl groups excluding tert-OH is 1. The number of hydrogen-bond acceptors (Lipinski definition) is 22. The summed E-state index contributed by atoms with van der Waals surface area (Å²) in [6.45, 7) is 8.52. The molecule has 418 valence electrons. The molecule has 0 saturated carbocycles. The summed E-state index contributed by atoms with van der Waals surface area (Å²) >= 11 is 7.20. The zero-order valence-electron chi connectivity index (χ0n) is 43.6. The fraction of sp³-hybridized carbons (Fsp3) is 0.380. The van der Waals surface area contributed by atoms with Gasteiger partial charge in [0.05, 0.1) is 43.4 Å². The normalized spacial score (nSPS) is 18.5. The van der Waals surface area contributed by atoms with Crippen molar-refractivity contribution < 1.29 is 43.5 Å². The van der Waals surface area contributed by atoms with Crippen LogP contribution in [0.3, 0.4) is 0 Å². The van der Waals surface area contributed by atoms with E-state index in [2.05, 4.69) is 46.9 Å². The van der Waals surface area contributed by atoms with Crippen LogP contribution >= 0.6 is 68.0 Å². The number of hydrogen-bond donors (Lipinski definition) is 8. The molecule has 1 fully saturated rings. The number of aryl methyl sites for hydroxylation is 1. The molecule has 9 N–H and O–H groups in total. The molecule has 0 aromatic carbocycles. The van der Waals surface area contributed by atoms with Gasteiger partial charge in [-0.25, -0.2) is 34.9 Å². The molecule has 10 bridgehead atoms. The first-order valence-electron chi connectivity index (χ1n) is 25.0. The number of aromatic nitrogens is 7. The number of carbonyl (C=O) groups is 8. The van der Waals surface area contributed by atoms with Gasteiger partial charge in [0.25, 0.3) is 23.6 Å². The van der Waals surface area contributed by atoms with Crippen LogP contribution in [0, 0.1) is 18.8 Å². The van der Waals surface area contributed by atoms with Crippen LogP contribution in [0.2, 0.25) is 0 Å². The van der Waals surface area contributed by atoms with Crippen LogP contribution in [-0.4, -0.2) is 131 Å². The van der Waals surface area contributed by atoms with Crippen molar-refractivity contribution in [1.29, 1.82) is 0 Å². The van der Waals surface area contributed by atoms with Gasteiger partial charge in [-0.05, 0) is 43.7 Å². The number of thiazole rings is 6. The summed E-state index contributed by atoms with van der Waals surface area (Å²) < 4.78 is 0. The minimum absolute atomic E-state index is 0.0132. The maximum atomic E-state index is 14.2. The standard InChI is InChI=1S/C50H53N15O9S6/c1-20(2)35-48-61-31(19-79-48)46-57-27(15-76-46)38-23(9-10-24(54-38)45-59-30(18-77-45)42(72)56-26(14-66)50(74)65-11-7-8-32(65)39(51)69)44-58-29(17-75-44)41(71)55-25(12-33(67)52-6)47-64-37(22(5)80-47)43(73)63-36(21(3)4)49-60-28(16-78-49)40(70)53-13-34(68)62-35/h9-10,15-21,25-26,32,35-36,66H,7-8,11-14H2,1-6H3,(H2,51,69)(H,52,67)(H,53,70)(H,55,71)(H,56,72)(H,62,68)(H,63,73)/t25-,26-,32-,35+,36+/m0/s1. The van der Waals surface area contributed by atoms with E-state index in [1.54, 1.807) is 35.2 Å². The van der Waals surface area contributed by atoms with Gasteiger partial charge in [0, 0.05) is 50.9 Å². The van der Waals surface area contributed by atoms with E-state index in [-0.39, 0.29) is 54.1 Å². The number of primary amides is 1. The van der Waals surface area contributed by atoms with E-state index in [9.17, 15) is 43.5 Å². The van der Waals surface area contributed by atoms with Crippen molar-refractivity contribution in [1.82, 2.24) is 71.7 Å². The third-order valence-corrected chi connectivity index (χ3v) is 18.4. The Hall–Kier alpha value is -7.35. The quantitative estimate of drug-likeness (QED) is 0.0923. The second kappa shape index (κ2) is 24.6. The van der Waals surface area contributed by atoms with Crippen molar-refractivity contribution in [3.8, 4) is 43.4 Å². The molecule has 30 heteroatoms. The predicted molar refractivity (Wildman–Crippen MR) is 302 cm³/mol. The van der Waals surface area contributed by atoms with Crippen LogP contribution in [0.1, 0.15) is 127 Å². The fourth-order valence-electron chi connectivity index (χ4n) is 8.66. The number of nitrogens with one attached hydrogen (secondary N) is 6. The summed E-state index contributed by atoms with van der Waals surface area (Å²) in [6.07, 6.45) is 0.698. The summed E-state index contributed by atoms with van der Waals surface area (Å²) in [4.78, 5) is 142. The highest BCUT2D eigenvalue weighted by Crippen LogP contribution is 2.39. The van der Waals surface area contributed by atoms with Crippen molar-refractivity contribution in [2.45, 2.75) is 84.1 Å². The molecule has 9 heterocycles. The highest BCUT2D eigenvalue weighted by atomic mass is 32.1. The molecular weight excluding hydrogens is 1150 g/mol. The van der Waals surface area contributed by atoms with Crippen molar-refractivity contribution in [2.24, 2.45) is 17.6 Å². The van der Waals surface area contributed by atoms with Crippen molar-refractivity contribution in [2.75, 3.05) is 26.7 Å². The molecule has 24 nitrogen and oxygen atoms in total. The summed E-state index contributed by atoms with van der Waals surface area (Å²) in [5, 5.41) is 37.6. The smallest absolute Gasteiger partial charge is 0.271 e. The molecular formula is C50H53N15O9S6. The van der Waals surface area contributed by atoms with E-state index in [0.29, 0.717) is 76.1 Å².